The zero-order valence-corrected chi connectivity index (χ0v) is 4.99. The Morgan fingerprint density at radius 1 is 0.667 bits per heavy atom. The first kappa shape index (κ1) is 142. The molecular formula is FeLiNiO3. The molecule has 0 aliphatic rings. The van der Waals surface area contributed by atoms with E-state index in [1.807, 2.05) is 0 Å². The Kier molecular flexibility index (Phi) is 2090. The number of rotatable bonds is 0. The van der Waals surface area contributed by atoms with E-state index in [0.29, 0.717) is 0 Å². The van der Waals surface area contributed by atoms with E-state index in [1.54, 1.807) is 0 Å². The molecule has 0 atom stereocenters. The monoisotopic (exact) mass is 169 g/mol. The maximum Gasteiger partial charge on any atom is 3.00 e. The van der Waals surface area contributed by atoms with E-state index >= 15 is 0 Å². The summed E-state index contributed by atoms with van der Waals surface area (Å²) in [6.07, 6.45) is 0. The molecule has 0 aliphatic carbocycles. The third-order valence-corrected chi connectivity index (χ3v) is 0. The molecule has 0 aromatic rings. The molecule has 0 unspecified atom stereocenters. The summed E-state index contributed by atoms with van der Waals surface area (Å²) < 4.78 is 0. The molecule has 0 saturated heterocycles. The van der Waals surface area contributed by atoms with E-state index in [4.69, 9.17) is 0 Å². The van der Waals surface area contributed by atoms with Crippen LogP contribution in [0.3, 0.4) is 0 Å². The van der Waals surface area contributed by atoms with Gasteiger partial charge in [0.2, 0.25) is 0 Å². The Hall–Kier alpha value is 1.49. The van der Waals surface area contributed by atoms with Gasteiger partial charge >= 0.3 is 52.4 Å². The Labute approximate surface area is 68.8 Å². The van der Waals surface area contributed by atoms with Gasteiger partial charge in [-0.25, -0.2) is 0 Å². The van der Waals surface area contributed by atoms with E-state index in [0.717, 1.165) is 0 Å². The summed E-state index contributed by atoms with van der Waals surface area (Å²) in [5.74, 6) is 0. The molecule has 0 aliphatic heterocycles. The molecule has 0 aromatic heterocycles. The molecule has 0 saturated carbocycles. The van der Waals surface area contributed by atoms with Crippen LogP contribution in [0.4, 0.5) is 0 Å². The molecular weight excluding hydrogens is 169 g/mol. The largest absolute Gasteiger partial charge is 3.00 e. The smallest absolute Gasteiger partial charge is 2.00 e. The standard InChI is InChI=1S/Fe.Li.Ni.3O/q+3;+1;+2;3*-2. The predicted molar refractivity (Wildman–Crippen MR) is 2.06 cm³/mol. The molecule has 0 aromatic carbocycles. The van der Waals surface area contributed by atoms with Crippen molar-refractivity contribution >= 4 is 0 Å². The third kappa shape index (κ3) is 49.8. The van der Waals surface area contributed by atoms with Crippen molar-refractivity contribution in [2.45, 2.75) is 0 Å². The van der Waals surface area contributed by atoms with Gasteiger partial charge in [0.25, 0.3) is 0 Å². The van der Waals surface area contributed by atoms with Crippen LogP contribution in [0.15, 0.2) is 0 Å². The fourth-order valence-corrected chi connectivity index (χ4v) is 0. The quantitative estimate of drug-likeness (QED) is 0.339. The van der Waals surface area contributed by atoms with E-state index in [-0.39, 0.29) is 68.8 Å². The minimum Gasteiger partial charge on any atom is -2.00 e. The molecule has 37 valence electrons. The molecule has 0 spiro atoms. The van der Waals surface area contributed by atoms with Gasteiger partial charge in [0, 0.05) is 0 Å². The van der Waals surface area contributed by atoms with Crippen LogP contribution in [-0.2, 0) is 50.0 Å². The van der Waals surface area contributed by atoms with Gasteiger partial charge in [-0.05, 0) is 0 Å². The fourth-order valence-electron chi connectivity index (χ4n) is 0. The molecule has 3 nitrogen and oxygen atoms in total. The third-order valence-electron chi connectivity index (χ3n) is 0. The van der Waals surface area contributed by atoms with E-state index < -0.39 is 0 Å². The van der Waals surface area contributed by atoms with Gasteiger partial charge in [0.15, 0.2) is 0 Å². The molecule has 6 heteroatoms. The maximum atomic E-state index is 0. The summed E-state index contributed by atoms with van der Waals surface area (Å²) in [4.78, 5) is 0. The fraction of sp³-hybridized carbons (Fsp3) is 0. The summed E-state index contributed by atoms with van der Waals surface area (Å²) in [5.41, 5.74) is 0. The zero-order valence-electron chi connectivity index (χ0n) is 2.89. The van der Waals surface area contributed by atoms with E-state index in [9.17, 15) is 0 Å². The second-order valence-corrected chi connectivity index (χ2v) is 0. The zero-order chi connectivity index (χ0) is 0. The van der Waals surface area contributed by atoms with Crippen LogP contribution >= 0.6 is 0 Å². The van der Waals surface area contributed by atoms with Gasteiger partial charge in [-0.1, -0.05) is 0 Å². The van der Waals surface area contributed by atoms with Gasteiger partial charge in [0.05, 0.1) is 0 Å². The van der Waals surface area contributed by atoms with Gasteiger partial charge in [0.1, 0.15) is 0 Å². The van der Waals surface area contributed by atoms with Crippen LogP contribution in [0.2, 0.25) is 0 Å². The minimum absolute atomic E-state index is 0. The topological polar surface area (TPSA) is 85.5 Å². The summed E-state index contributed by atoms with van der Waals surface area (Å²) in [6.45, 7) is 0. The molecule has 0 fully saturated rings. The van der Waals surface area contributed by atoms with Crippen molar-refractivity contribution in [3.8, 4) is 0 Å². The maximum absolute atomic E-state index is 0. The van der Waals surface area contributed by atoms with Crippen molar-refractivity contribution in [1.82, 2.24) is 0 Å². The summed E-state index contributed by atoms with van der Waals surface area (Å²) in [6, 6.07) is 0. The van der Waals surface area contributed by atoms with Gasteiger partial charge in [-0.15, -0.1) is 0 Å². The Bertz CT molecular complexity index is 10.8. The van der Waals surface area contributed by atoms with Crippen LogP contribution in [0, 0.1) is 0 Å². The average molecular weight is 169 g/mol. The van der Waals surface area contributed by atoms with E-state index in [2.05, 4.69) is 0 Å². The van der Waals surface area contributed by atoms with Crippen LogP contribution < -0.4 is 18.9 Å². The van der Waals surface area contributed by atoms with Crippen LogP contribution in [0.5, 0.6) is 0 Å². The van der Waals surface area contributed by atoms with Crippen molar-refractivity contribution in [1.29, 1.82) is 0 Å². The van der Waals surface area contributed by atoms with Gasteiger partial charge in [-0.3, -0.25) is 0 Å². The first-order chi connectivity index (χ1) is 0. The molecule has 0 heterocycles. The summed E-state index contributed by atoms with van der Waals surface area (Å²) in [7, 11) is 0. The average Bonchev–Trinajstić information content (AvgIpc) is 0. The van der Waals surface area contributed by atoms with E-state index in [1.165, 1.54) is 0 Å². The Morgan fingerprint density at radius 2 is 0.667 bits per heavy atom. The van der Waals surface area contributed by atoms with Crippen LogP contribution in [-0.4, -0.2) is 0 Å². The summed E-state index contributed by atoms with van der Waals surface area (Å²) >= 11 is 0. The molecule has 0 bridgehead atoms. The first-order valence-electron chi connectivity index (χ1n) is 0. The van der Waals surface area contributed by atoms with Crippen molar-refractivity contribution in [3.63, 3.8) is 0 Å². The molecule has 0 amide bonds. The predicted octanol–water partition coefficient (Wildman–Crippen LogP) is -3.36. The summed E-state index contributed by atoms with van der Waals surface area (Å²) in [5, 5.41) is 0. The van der Waals surface area contributed by atoms with Gasteiger partial charge < -0.3 is 16.4 Å². The van der Waals surface area contributed by atoms with Gasteiger partial charge in [-0.2, -0.15) is 0 Å². The second-order valence-electron chi connectivity index (χ2n) is 0. The van der Waals surface area contributed by atoms with Crippen molar-refractivity contribution < 1.29 is 68.8 Å². The Balaban J connectivity index is 0. The molecule has 1 radical (unpaired) electrons. The molecule has 0 rings (SSSR count). The molecule has 0 N–H and O–H groups in total. The number of hydrogen-bond donors (Lipinski definition) is 0. The van der Waals surface area contributed by atoms with Crippen molar-refractivity contribution in [2.75, 3.05) is 0 Å². The van der Waals surface area contributed by atoms with Crippen LogP contribution in [0.25, 0.3) is 0 Å². The first-order valence-corrected chi connectivity index (χ1v) is 0. The number of hydrogen-bond acceptors (Lipinski definition) is 0. The normalized spacial score (nSPS) is 0. The Morgan fingerprint density at radius 3 is 0.667 bits per heavy atom. The van der Waals surface area contributed by atoms with Crippen LogP contribution in [0.1, 0.15) is 0 Å². The minimum atomic E-state index is 0. The SMILES string of the molecule is [Fe+3].[Li+].[Ni+2].[O-2].[O-2].[O-2]. The second kappa shape index (κ2) is 88.1. The van der Waals surface area contributed by atoms with Crippen molar-refractivity contribution in [3.05, 3.63) is 0 Å². The van der Waals surface area contributed by atoms with Crippen molar-refractivity contribution in [2.24, 2.45) is 0 Å². The molecule has 6 heavy (non-hydrogen) atoms.